The number of aromatic nitrogens is 1. The second kappa shape index (κ2) is 6.93. The first-order valence-electron chi connectivity index (χ1n) is 7.01. The van der Waals surface area contributed by atoms with E-state index in [4.69, 9.17) is 0 Å². The fourth-order valence-corrected chi connectivity index (χ4v) is 3.46. The van der Waals surface area contributed by atoms with Crippen molar-refractivity contribution in [3.05, 3.63) is 48.5 Å². The number of carbonyl (C=O) groups excluding carboxylic acids is 2. The lowest BCUT2D eigenvalue weighted by atomic mass is 10.2. The van der Waals surface area contributed by atoms with E-state index in [0.717, 1.165) is 32.5 Å². The Morgan fingerprint density at radius 3 is 2.78 bits per heavy atom. The molecule has 0 unspecified atom stereocenters. The number of amides is 1. The van der Waals surface area contributed by atoms with Crippen LogP contribution in [0.25, 0.3) is 20.8 Å². The van der Waals surface area contributed by atoms with Crippen LogP contribution >= 0.6 is 23.1 Å². The van der Waals surface area contributed by atoms with Gasteiger partial charge in [0.2, 0.25) is 5.91 Å². The minimum Gasteiger partial charge on any atom is -0.325 e. The third-order valence-electron chi connectivity index (χ3n) is 3.09. The number of rotatable bonds is 4. The van der Waals surface area contributed by atoms with Crippen molar-refractivity contribution >= 4 is 50.0 Å². The molecule has 0 aliphatic rings. The Hall–Kier alpha value is -2.18. The first kappa shape index (κ1) is 15.7. The molecule has 1 aromatic heterocycles. The molecule has 0 radical (unpaired) electrons. The quantitative estimate of drug-likeness (QED) is 0.773. The van der Waals surface area contributed by atoms with E-state index in [0.29, 0.717) is 5.69 Å². The van der Waals surface area contributed by atoms with Gasteiger partial charge in [-0.15, -0.1) is 11.3 Å². The molecule has 23 heavy (non-hydrogen) atoms. The molecule has 0 aliphatic carbocycles. The summed E-state index contributed by atoms with van der Waals surface area (Å²) in [6.45, 7) is 1.45. The van der Waals surface area contributed by atoms with Gasteiger partial charge in [-0.1, -0.05) is 36.0 Å². The number of thiazole rings is 1. The number of anilines is 1. The third-order valence-corrected chi connectivity index (χ3v) is 4.99. The Labute approximate surface area is 141 Å². The predicted molar refractivity (Wildman–Crippen MR) is 96.8 cm³/mol. The number of nitrogens with one attached hydrogen (secondary N) is 1. The highest BCUT2D eigenvalue weighted by molar-refractivity contribution is 8.14. The fourth-order valence-electron chi connectivity index (χ4n) is 2.09. The number of para-hydroxylation sites is 1. The first-order valence-corrected chi connectivity index (χ1v) is 8.81. The van der Waals surface area contributed by atoms with E-state index in [1.807, 2.05) is 48.5 Å². The van der Waals surface area contributed by atoms with E-state index in [-0.39, 0.29) is 16.8 Å². The molecule has 0 atom stereocenters. The Kier molecular flexibility index (Phi) is 4.73. The summed E-state index contributed by atoms with van der Waals surface area (Å²) in [5.74, 6) is -0.0626. The molecule has 4 nitrogen and oxygen atoms in total. The number of fused-ring (bicyclic) bond motifs is 1. The third kappa shape index (κ3) is 3.97. The maximum absolute atomic E-state index is 11.8. The van der Waals surface area contributed by atoms with Crippen LogP contribution in [-0.2, 0) is 9.59 Å². The van der Waals surface area contributed by atoms with E-state index in [1.54, 1.807) is 11.3 Å². The molecule has 6 heteroatoms. The molecule has 3 aromatic rings. The van der Waals surface area contributed by atoms with Crippen molar-refractivity contribution in [1.29, 1.82) is 0 Å². The van der Waals surface area contributed by atoms with Crippen molar-refractivity contribution < 1.29 is 9.59 Å². The largest absolute Gasteiger partial charge is 0.325 e. The number of thioether (sulfide) groups is 1. The maximum atomic E-state index is 11.8. The molecule has 1 heterocycles. The molecular weight excluding hydrogens is 328 g/mol. The van der Waals surface area contributed by atoms with Gasteiger partial charge in [0, 0.05) is 18.2 Å². The lowest BCUT2D eigenvalue weighted by Gasteiger charge is -2.05. The van der Waals surface area contributed by atoms with Crippen molar-refractivity contribution in [3.8, 4) is 10.6 Å². The molecule has 0 aliphatic heterocycles. The van der Waals surface area contributed by atoms with E-state index in [1.165, 1.54) is 6.92 Å². The van der Waals surface area contributed by atoms with Crippen LogP contribution in [0.3, 0.4) is 0 Å². The zero-order valence-corrected chi connectivity index (χ0v) is 14.0. The Bertz CT molecular complexity index is 841. The highest BCUT2D eigenvalue weighted by Gasteiger charge is 2.08. The van der Waals surface area contributed by atoms with Crippen molar-refractivity contribution in [1.82, 2.24) is 4.98 Å². The van der Waals surface area contributed by atoms with Crippen LogP contribution in [0, 0.1) is 0 Å². The van der Waals surface area contributed by atoms with Crippen LogP contribution in [0.15, 0.2) is 48.5 Å². The minimum atomic E-state index is -0.188. The monoisotopic (exact) mass is 342 g/mol. The van der Waals surface area contributed by atoms with Gasteiger partial charge in [0.25, 0.3) is 0 Å². The molecule has 0 bridgehead atoms. The molecule has 0 spiro atoms. The van der Waals surface area contributed by atoms with E-state index >= 15 is 0 Å². The Balaban J connectivity index is 1.79. The van der Waals surface area contributed by atoms with Gasteiger partial charge in [0.05, 0.1) is 16.0 Å². The van der Waals surface area contributed by atoms with E-state index < -0.39 is 0 Å². The molecular formula is C17H14N2O2S2. The lowest BCUT2D eigenvalue weighted by Crippen LogP contribution is -2.14. The Morgan fingerprint density at radius 2 is 2.00 bits per heavy atom. The van der Waals surface area contributed by atoms with Crippen molar-refractivity contribution in [2.45, 2.75) is 6.92 Å². The van der Waals surface area contributed by atoms with Crippen molar-refractivity contribution in [2.75, 3.05) is 11.1 Å². The molecule has 116 valence electrons. The van der Waals surface area contributed by atoms with Gasteiger partial charge in [0.15, 0.2) is 5.12 Å². The first-order chi connectivity index (χ1) is 11.1. The summed E-state index contributed by atoms with van der Waals surface area (Å²) in [7, 11) is 0. The Morgan fingerprint density at radius 1 is 1.17 bits per heavy atom. The normalized spacial score (nSPS) is 10.7. The average Bonchev–Trinajstić information content (AvgIpc) is 2.97. The highest BCUT2D eigenvalue weighted by atomic mass is 32.2. The predicted octanol–water partition coefficient (Wildman–Crippen LogP) is 4.18. The molecule has 3 rings (SSSR count). The van der Waals surface area contributed by atoms with Gasteiger partial charge in [-0.05, 0) is 24.3 Å². The van der Waals surface area contributed by atoms with Crippen molar-refractivity contribution in [3.63, 3.8) is 0 Å². The number of benzene rings is 2. The van der Waals surface area contributed by atoms with Crippen LogP contribution in [-0.4, -0.2) is 21.8 Å². The van der Waals surface area contributed by atoms with E-state index in [2.05, 4.69) is 10.3 Å². The summed E-state index contributed by atoms with van der Waals surface area (Å²) in [5, 5.41) is 3.66. The van der Waals surface area contributed by atoms with Gasteiger partial charge in [-0.25, -0.2) is 4.98 Å². The summed E-state index contributed by atoms with van der Waals surface area (Å²) >= 11 is 2.62. The summed E-state index contributed by atoms with van der Waals surface area (Å²) < 4.78 is 1.13. The van der Waals surface area contributed by atoms with Crippen molar-refractivity contribution in [2.24, 2.45) is 0 Å². The smallest absolute Gasteiger partial charge is 0.234 e. The second-order valence-corrected chi connectivity index (χ2v) is 7.08. The van der Waals surface area contributed by atoms with Crippen LogP contribution in [0.2, 0.25) is 0 Å². The van der Waals surface area contributed by atoms with Crippen LogP contribution < -0.4 is 5.32 Å². The maximum Gasteiger partial charge on any atom is 0.234 e. The van der Waals surface area contributed by atoms with Gasteiger partial charge in [-0.3, -0.25) is 9.59 Å². The molecule has 2 aromatic carbocycles. The number of nitrogens with zero attached hydrogens (tertiary/aromatic N) is 1. The molecule has 0 saturated heterocycles. The zero-order valence-electron chi connectivity index (χ0n) is 12.4. The lowest BCUT2D eigenvalue weighted by molar-refractivity contribution is -0.114. The molecule has 0 saturated carbocycles. The van der Waals surface area contributed by atoms with Crippen LogP contribution in [0.5, 0.6) is 0 Å². The van der Waals surface area contributed by atoms with Gasteiger partial charge >= 0.3 is 0 Å². The topological polar surface area (TPSA) is 59.1 Å². The molecule has 0 fully saturated rings. The standard InChI is InChI=1S/C17H14N2O2S2/c1-11(20)22-10-16(21)18-13-6-4-5-12(9-13)17-19-14-7-2-3-8-15(14)23-17/h2-9H,10H2,1H3,(H,18,21). The number of hydrogen-bond donors (Lipinski definition) is 1. The number of carbonyl (C=O) groups is 2. The molecule has 1 N–H and O–H groups in total. The molecule has 1 amide bonds. The second-order valence-electron chi connectivity index (χ2n) is 4.90. The van der Waals surface area contributed by atoms with E-state index in [9.17, 15) is 9.59 Å². The average molecular weight is 342 g/mol. The highest BCUT2D eigenvalue weighted by Crippen LogP contribution is 2.31. The van der Waals surface area contributed by atoms with Crippen LogP contribution in [0.1, 0.15) is 6.92 Å². The summed E-state index contributed by atoms with van der Waals surface area (Å²) in [4.78, 5) is 27.3. The number of hydrogen-bond acceptors (Lipinski definition) is 5. The van der Waals surface area contributed by atoms with Crippen LogP contribution in [0.4, 0.5) is 5.69 Å². The minimum absolute atomic E-state index is 0.0663. The SMILES string of the molecule is CC(=O)SCC(=O)Nc1cccc(-c2nc3ccccc3s2)c1. The summed E-state index contributed by atoms with van der Waals surface area (Å²) in [5.41, 5.74) is 2.64. The fraction of sp³-hybridized carbons (Fsp3) is 0.118. The van der Waals surface area contributed by atoms with Gasteiger partial charge in [0.1, 0.15) is 5.01 Å². The zero-order chi connectivity index (χ0) is 16.2. The van der Waals surface area contributed by atoms with Gasteiger partial charge < -0.3 is 5.32 Å². The summed E-state index contributed by atoms with van der Waals surface area (Å²) in [6.07, 6.45) is 0. The summed E-state index contributed by atoms with van der Waals surface area (Å²) in [6, 6.07) is 15.6. The van der Waals surface area contributed by atoms with Gasteiger partial charge in [-0.2, -0.15) is 0 Å².